The van der Waals surface area contributed by atoms with E-state index in [2.05, 4.69) is 58.2 Å². The zero-order chi connectivity index (χ0) is 14.4. The van der Waals surface area contributed by atoms with Gasteiger partial charge in [0.15, 0.2) is 5.15 Å². The van der Waals surface area contributed by atoms with Gasteiger partial charge in [-0.25, -0.2) is 0 Å². The van der Waals surface area contributed by atoms with Crippen molar-refractivity contribution in [1.29, 1.82) is 0 Å². The molecule has 102 valence electrons. The maximum Gasteiger partial charge on any atom is 0.159 e. The van der Waals surface area contributed by atoms with Crippen LogP contribution < -0.4 is 0 Å². The van der Waals surface area contributed by atoms with Crippen LogP contribution >= 0.6 is 38.9 Å². The summed E-state index contributed by atoms with van der Waals surface area (Å²) in [4.78, 5) is 2.34. The topological polar surface area (TPSA) is 25.8 Å². The Morgan fingerprint density at radius 3 is 2.30 bits per heavy atom. The average molecular weight is 368 g/mol. The highest BCUT2D eigenvalue weighted by molar-refractivity contribution is 9.10. The number of aryl methyl sites for hydroxylation is 3. The number of nitrogens with zero attached hydrogens (tertiary/aromatic N) is 2. The van der Waals surface area contributed by atoms with E-state index in [9.17, 15) is 0 Å². The van der Waals surface area contributed by atoms with Crippen molar-refractivity contribution in [3.05, 3.63) is 43.8 Å². The summed E-state index contributed by atoms with van der Waals surface area (Å²) in [7, 11) is 0. The third-order valence-electron chi connectivity index (χ3n) is 3.33. The first-order valence-electron chi connectivity index (χ1n) is 6.17. The SMILES string of the molecule is Cc1cc(Br)c(-c2nnc(Cl)c3c(C)ccc(C)c23)s1. The largest absolute Gasteiger partial charge is 0.159 e. The fraction of sp³-hybridized carbons (Fsp3) is 0.200. The molecule has 5 heteroatoms. The Morgan fingerprint density at radius 2 is 1.70 bits per heavy atom. The van der Waals surface area contributed by atoms with Gasteiger partial charge in [0, 0.05) is 20.1 Å². The van der Waals surface area contributed by atoms with Crippen molar-refractivity contribution >= 4 is 49.6 Å². The predicted molar refractivity (Wildman–Crippen MR) is 89.8 cm³/mol. The lowest BCUT2D eigenvalue weighted by atomic mass is 10.0. The molecule has 2 nitrogen and oxygen atoms in total. The molecule has 0 aliphatic rings. The van der Waals surface area contributed by atoms with E-state index in [1.165, 1.54) is 4.88 Å². The maximum absolute atomic E-state index is 6.26. The average Bonchev–Trinajstić information content (AvgIpc) is 2.73. The Balaban J connectivity index is 2.47. The van der Waals surface area contributed by atoms with Gasteiger partial charge in [-0.3, -0.25) is 0 Å². The van der Waals surface area contributed by atoms with Crippen LogP contribution in [0, 0.1) is 20.8 Å². The molecule has 2 heterocycles. The van der Waals surface area contributed by atoms with Crippen molar-refractivity contribution in [3.8, 4) is 10.6 Å². The van der Waals surface area contributed by atoms with Crippen LogP contribution in [0.3, 0.4) is 0 Å². The van der Waals surface area contributed by atoms with Gasteiger partial charge < -0.3 is 0 Å². The van der Waals surface area contributed by atoms with Gasteiger partial charge >= 0.3 is 0 Å². The molecule has 1 aromatic carbocycles. The number of hydrogen-bond acceptors (Lipinski definition) is 3. The van der Waals surface area contributed by atoms with Gasteiger partial charge in [0.25, 0.3) is 0 Å². The van der Waals surface area contributed by atoms with Crippen LogP contribution in [-0.4, -0.2) is 10.2 Å². The minimum Gasteiger partial charge on any atom is -0.147 e. The summed E-state index contributed by atoms with van der Waals surface area (Å²) in [5.74, 6) is 0. The molecule has 20 heavy (non-hydrogen) atoms. The number of rotatable bonds is 1. The predicted octanol–water partition coefficient (Wildman–Crippen LogP) is 5.70. The lowest BCUT2D eigenvalue weighted by Crippen LogP contribution is -1.94. The van der Waals surface area contributed by atoms with Gasteiger partial charge in [0.2, 0.25) is 0 Å². The highest BCUT2D eigenvalue weighted by atomic mass is 79.9. The molecular weight excluding hydrogens is 356 g/mol. The Bertz CT molecular complexity index is 818. The summed E-state index contributed by atoms with van der Waals surface area (Å²) in [5.41, 5.74) is 3.18. The maximum atomic E-state index is 6.26. The normalized spacial score (nSPS) is 11.2. The van der Waals surface area contributed by atoms with Gasteiger partial charge in [-0.1, -0.05) is 23.7 Å². The molecule has 0 aliphatic carbocycles. The van der Waals surface area contributed by atoms with Gasteiger partial charge in [-0.15, -0.1) is 21.5 Å². The van der Waals surface area contributed by atoms with Gasteiger partial charge in [0.1, 0.15) is 5.69 Å². The zero-order valence-corrected chi connectivity index (χ0v) is 14.4. The van der Waals surface area contributed by atoms with E-state index in [0.717, 1.165) is 36.9 Å². The second-order valence-corrected chi connectivity index (χ2v) is 7.29. The second-order valence-electron chi connectivity index (χ2n) is 4.82. The summed E-state index contributed by atoms with van der Waals surface area (Å²) in [6, 6.07) is 6.28. The number of fused-ring (bicyclic) bond motifs is 1. The van der Waals surface area contributed by atoms with E-state index in [-0.39, 0.29) is 0 Å². The molecular formula is C15H12BrClN2S. The first kappa shape index (κ1) is 14.0. The molecule has 0 aliphatic heterocycles. The minimum atomic E-state index is 0.467. The Kier molecular flexibility index (Phi) is 3.56. The van der Waals surface area contributed by atoms with Gasteiger partial charge in [-0.05, 0) is 53.9 Å². The van der Waals surface area contributed by atoms with E-state index in [0.29, 0.717) is 5.15 Å². The van der Waals surface area contributed by atoms with Crippen LogP contribution in [0.2, 0.25) is 5.15 Å². The summed E-state index contributed by atoms with van der Waals surface area (Å²) >= 11 is 11.6. The summed E-state index contributed by atoms with van der Waals surface area (Å²) < 4.78 is 1.05. The van der Waals surface area contributed by atoms with E-state index in [4.69, 9.17) is 11.6 Å². The van der Waals surface area contributed by atoms with Crippen molar-refractivity contribution < 1.29 is 0 Å². The minimum absolute atomic E-state index is 0.467. The molecule has 2 aromatic heterocycles. The summed E-state index contributed by atoms with van der Waals surface area (Å²) in [5, 5.41) is 11.0. The number of thiophene rings is 1. The van der Waals surface area contributed by atoms with Crippen molar-refractivity contribution in [2.24, 2.45) is 0 Å². The van der Waals surface area contributed by atoms with Crippen LogP contribution in [0.5, 0.6) is 0 Å². The quantitative estimate of drug-likeness (QED) is 0.551. The monoisotopic (exact) mass is 366 g/mol. The second kappa shape index (κ2) is 5.10. The Hall–Kier alpha value is -0.970. The van der Waals surface area contributed by atoms with Crippen LogP contribution in [0.15, 0.2) is 22.7 Å². The van der Waals surface area contributed by atoms with Crippen molar-refractivity contribution in [1.82, 2.24) is 10.2 Å². The lowest BCUT2D eigenvalue weighted by molar-refractivity contribution is 1.06. The van der Waals surface area contributed by atoms with Crippen molar-refractivity contribution in [2.45, 2.75) is 20.8 Å². The highest BCUT2D eigenvalue weighted by Crippen LogP contribution is 2.40. The molecule has 0 bridgehead atoms. The van der Waals surface area contributed by atoms with Crippen LogP contribution in [0.1, 0.15) is 16.0 Å². The highest BCUT2D eigenvalue weighted by Gasteiger charge is 2.17. The fourth-order valence-electron chi connectivity index (χ4n) is 2.38. The molecule has 0 amide bonds. The van der Waals surface area contributed by atoms with E-state index >= 15 is 0 Å². The van der Waals surface area contributed by atoms with Crippen LogP contribution in [0.4, 0.5) is 0 Å². The third-order valence-corrected chi connectivity index (χ3v) is 5.54. The van der Waals surface area contributed by atoms with Crippen LogP contribution in [-0.2, 0) is 0 Å². The molecule has 3 rings (SSSR count). The third kappa shape index (κ3) is 2.16. The summed E-state index contributed by atoms with van der Waals surface area (Å²) in [6.07, 6.45) is 0. The summed E-state index contributed by atoms with van der Waals surface area (Å²) in [6.45, 7) is 6.22. The lowest BCUT2D eigenvalue weighted by Gasteiger charge is -2.10. The number of halogens is 2. The van der Waals surface area contributed by atoms with Crippen LogP contribution in [0.25, 0.3) is 21.3 Å². The molecule has 0 spiro atoms. The van der Waals surface area contributed by atoms with Crippen molar-refractivity contribution in [2.75, 3.05) is 0 Å². The smallest absolute Gasteiger partial charge is 0.147 e. The molecule has 0 unspecified atom stereocenters. The van der Waals surface area contributed by atoms with E-state index in [1.807, 2.05) is 6.92 Å². The number of aromatic nitrogens is 2. The number of hydrogen-bond donors (Lipinski definition) is 0. The van der Waals surface area contributed by atoms with Gasteiger partial charge in [0.05, 0.1) is 4.88 Å². The molecule has 3 aromatic rings. The molecule has 0 N–H and O–H groups in total. The van der Waals surface area contributed by atoms with E-state index < -0.39 is 0 Å². The molecule has 0 fully saturated rings. The fourth-order valence-corrected chi connectivity index (χ4v) is 4.48. The molecule has 0 atom stereocenters. The molecule has 0 radical (unpaired) electrons. The standard InChI is InChI=1S/C15H12BrClN2S/c1-7-4-5-8(2)12-11(7)13(18-19-15(12)17)14-10(16)6-9(3)20-14/h4-6H,1-3H3. The Morgan fingerprint density at radius 1 is 1.05 bits per heavy atom. The van der Waals surface area contributed by atoms with Gasteiger partial charge in [-0.2, -0.15) is 0 Å². The Labute approximate surface area is 134 Å². The molecule has 0 saturated carbocycles. The first-order chi connectivity index (χ1) is 9.49. The first-order valence-corrected chi connectivity index (χ1v) is 8.16. The van der Waals surface area contributed by atoms with Crippen molar-refractivity contribution in [3.63, 3.8) is 0 Å². The zero-order valence-electron chi connectivity index (χ0n) is 11.3. The molecule has 0 saturated heterocycles. The van der Waals surface area contributed by atoms with E-state index in [1.54, 1.807) is 11.3 Å². The number of benzene rings is 1.